The number of aromatic nitrogens is 6. The molecular formula is C45H41N11O7. The van der Waals surface area contributed by atoms with E-state index in [2.05, 4.69) is 35.7 Å². The van der Waals surface area contributed by atoms with Gasteiger partial charge in [0, 0.05) is 85.9 Å². The number of hydrogen-bond acceptors (Lipinski definition) is 13. The van der Waals surface area contributed by atoms with Crippen molar-refractivity contribution in [3.63, 3.8) is 0 Å². The van der Waals surface area contributed by atoms with Gasteiger partial charge in [-0.05, 0) is 43.5 Å². The number of piperidine rings is 1. The van der Waals surface area contributed by atoms with Crippen molar-refractivity contribution in [1.82, 2.24) is 50.4 Å². The van der Waals surface area contributed by atoms with Crippen molar-refractivity contribution in [2.45, 2.75) is 38.3 Å². The van der Waals surface area contributed by atoms with Crippen molar-refractivity contribution in [1.29, 1.82) is 0 Å². The number of nitrogens with one attached hydrogen (secondary N) is 3. The van der Waals surface area contributed by atoms with E-state index in [1.54, 1.807) is 35.3 Å². The molecule has 2 fully saturated rings. The first kappa shape index (κ1) is 39.7. The molecule has 3 aromatic carbocycles. The molecular weight excluding hydrogens is 807 g/mol. The average molecular weight is 848 g/mol. The van der Waals surface area contributed by atoms with Crippen molar-refractivity contribution in [3.05, 3.63) is 102 Å². The molecule has 18 nitrogen and oxygen atoms in total. The number of aromatic amines is 1. The van der Waals surface area contributed by atoms with E-state index in [0.717, 1.165) is 48.3 Å². The standard InChI is InChI=1S/C45H41N11O7/c57-36-14-13-35(40(58)48-36)56-43(61)28-12-11-26(23-30(28)44(56)62)34-25-55(52-51-34)15-5-6-21-63-22-20-53-16-18-54(19-17-53)45-47-33-10-4-2-8-29(33)39(49-45)38-37(41(59)50-42(38)60)31-24-46-32-9-3-1-7-27(31)32/h1-4,7-12,23-25,35,46H,5-6,13-22H2,(H,48,57,58)(H,50,59,60). The predicted octanol–water partition coefficient (Wildman–Crippen LogP) is 2.96. The van der Waals surface area contributed by atoms with Gasteiger partial charge in [0.2, 0.25) is 17.8 Å². The third-order valence-electron chi connectivity index (χ3n) is 12.0. The van der Waals surface area contributed by atoms with E-state index in [9.17, 15) is 28.8 Å². The summed E-state index contributed by atoms with van der Waals surface area (Å²) in [6, 6.07) is 19.0. The fourth-order valence-corrected chi connectivity index (χ4v) is 8.73. The van der Waals surface area contributed by atoms with Crippen LogP contribution in [0.2, 0.25) is 0 Å². The number of carbonyl (C=O) groups excluding carboxylic acids is 6. The molecule has 3 aromatic heterocycles. The molecule has 1 atom stereocenters. The van der Waals surface area contributed by atoms with Gasteiger partial charge in [-0.3, -0.25) is 53.9 Å². The Labute approximate surface area is 359 Å². The first-order valence-corrected chi connectivity index (χ1v) is 21.0. The Hall–Kier alpha value is -7.44. The van der Waals surface area contributed by atoms with E-state index in [1.165, 1.54) is 0 Å². The SMILES string of the molecule is O=C1CCC(N2C(=O)c3ccc(-c4cn(CCCCOCCN5CCN(c6nc(C7=C(c8c[nH]c9ccccc89)C(=O)NC7=O)c7ccccc7n6)CC5)nn4)cc3C2=O)C(=O)N1. The fraction of sp³-hybridized carbons (Fsp3) is 0.289. The summed E-state index contributed by atoms with van der Waals surface area (Å²) in [5, 5.41) is 14.8. The van der Waals surface area contributed by atoms with Gasteiger partial charge in [0.1, 0.15) is 11.7 Å². The average Bonchev–Trinajstić information content (AvgIpc) is 4.07. The highest BCUT2D eigenvalue weighted by Gasteiger charge is 2.45. The number of H-pyrrole nitrogens is 1. The lowest BCUT2D eigenvalue weighted by Crippen LogP contribution is -2.54. The third-order valence-corrected chi connectivity index (χ3v) is 12.0. The number of imide groups is 3. The number of para-hydroxylation sites is 2. The lowest BCUT2D eigenvalue weighted by Gasteiger charge is -2.34. The monoisotopic (exact) mass is 847 g/mol. The molecule has 1 unspecified atom stereocenters. The Morgan fingerprint density at radius 2 is 1.51 bits per heavy atom. The van der Waals surface area contributed by atoms with Gasteiger partial charge in [0.05, 0.1) is 46.3 Å². The van der Waals surface area contributed by atoms with Crippen molar-refractivity contribution >= 4 is 74.3 Å². The van der Waals surface area contributed by atoms with Gasteiger partial charge in [0.25, 0.3) is 23.6 Å². The fourth-order valence-electron chi connectivity index (χ4n) is 8.73. The van der Waals surface area contributed by atoms with Gasteiger partial charge in [-0.25, -0.2) is 9.97 Å². The molecule has 0 radical (unpaired) electrons. The molecule has 6 amide bonds. The lowest BCUT2D eigenvalue weighted by molar-refractivity contribution is -0.136. The van der Waals surface area contributed by atoms with Crippen LogP contribution in [0.1, 0.15) is 57.7 Å². The third kappa shape index (κ3) is 7.42. The molecule has 2 saturated heterocycles. The van der Waals surface area contributed by atoms with E-state index in [1.807, 2.05) is 48.5 Å². The molecule has 4 aliphatic heterocycles. The minimum Gasteiger partial charge on any atom is -0.380 e. The van der Waals surface area contributed by atoms with E-state index >= 15 is 0 Å². The molecule has 10 rings (SSSR count). The summed E-state index contributed by atoms with van der Waals surface area (Å²) in [6.07, 6.45) is 5.33. The maximum absolute atomic E-state index is 13.5. The van der Waals surface area contributed by atoms with Crippen molar-refractivity contribution in [2.24, 2.45) is 0 Å². The van der Waals surface area contributed by atoms with Crippen LogP contribution >= 0.6 is 0 Å². The minimum absolute atomic E-state index is 0.0560. The molecule has 18 heteroatoms. The van der Waals surface area contributed by atoms with E-state index < -0.39 is 41.5 Å². The summed E-state index contributed by atoms with van der Waals surface area (Å²) in [7, 11) is 0. The highest BCUT2D eigenvalue weighted by atomic mass is 16.5. The molecule has 4 aliphatic rings. The number of ether oxygens (including phenoxy) is 1. The first-order valence-electron chi connectivity index (χ1n) is 21.0. The maximum atomic E-state index is 13.5. The number of piperazine rings is 1. The number of carbonyl (C=O) groups is 6. The number of aryl methyl sites for hydroxylation is 1. The predicted molar refractivity (Wildman–Crippen MR) is 229 cm³/mol. The van der Waals surface area contributed by atoms with Gasteiger partial charge in [-0.1, -0.05) is 47.7 Å². The topological polar surface area (TPSA) is 218 Å². The highest BCUT2D eigenvalue weighted by Crippen LogP contribution is 2.37. The van der Waals surface area contributed by atoms with Crippen LogP contribution in [0.3, 0.4) is 0 Å². The van der Waals surface area contributed by atoms with Crippen LogP contribution in [0, 0.1) is 0 Å². The zero-order chi connectivity index (χ0) is 43.2. The van der Waals surface area contributed by atoms with E-state index in [0.29, 0.717) is 77.8 Å². The molecule has 0 aliphatic carbocycles. The number of unbranched alkanes of at least 4 members (excludes halogenated alkanes) is 1. The second-order valence-corrected chi connectivity index (χ2v) is 15.9. The summed E-state index contributed by atoms with van der Waals surface area (Å²) >= 11 is 0. The Morgan fingerprint density at radius 3 is 2.35 bits per heavy atom. The summed E-state index contributed by atoms with van der Waals surface area (Å²) in [5.74, 6) is -2.63. The lowest BCUT2D eigenvalue weighted by atomic mass is 9.97. The molecule has 6 aromatic rings. The van der Waals surface area contributed by atoms with E-state index in [-0.39, 0.29) is 29.5 Å². The van der Waals surface area contributed by atoms with Gasteiger partial charge < -0.3 is 14.6 Å². The number of rotatable bonds is 13. The zero-order valence-electron chi connectivity index (χ0n) is 34.0. The molecule has 318 valence electrons. The second kappa shape index (κ2) is 16.4. The molecule has 3 N–H and O–H groups in total. The van der Waals surface area contributed by atoms with Crippen LogP contribution in [0.25, 0.3) is 44.2 Å². The zero-order valence-corrected chi connectivity index (χ0v) is 34.0. The number of nitrogens with zero attached hydrogens (tertiary/aromatic N) is 8. The minimum atomic E-state index is -1.03. The molecule has 0 saturated carbocycles. The number of anilines is 1. The van der Waals surface area contributed by atoms with Gasteiger partial charge >= 0.3 is 0 Å². The van der Waals surface area contributed by atoms with Gasteiger partial charge in [-0.15, -0.1) is 5.10 Å². The van der Waals surface area contributed by atoms with Crippen molar-refractivity contribution in [3.8, 4) is 11.3 Å². The summed E-state index contributed by atoms with van der Waals surface area (Å²) < 4.78 is 7.72. The molecule has 63 heavy (non-hydrogen) atoms. The van der Waals surface area contributed by atoms with Crippen LogP contribution in [0.5, 0.6) is 0 Å². The Bertz CT molecular complexity index is 2910. The Kier molecular flexibility index (Phi) is 10.4. The van der Waals surface area contributed by atoms with Crippen LogP contribution in [-0.4, -0.2) is 127 Å². The Balaban J connectivity index is 0.705. The van der Waals surface area contributed by atoms with Gasteiger partial charge in [-0.2, -0.15) is 0 Å². The summed E-state index contributed by atoms with van der Waals surface area (Å²) in [4.78, 5) is 95.6. The summed E-state index contributed by atoms with van der Waals surface area (Å²) in [6.45, 7) is 5.47. The van der Waals surface area contributed by atoms with Crippen LogP contribution in [0.15, 0.2) is 79.1 Å². The largest absolute Gasteiger partial charge is 0.380 e. The van der Waals surface area contributed by atoms with Crippen LogP contribution in [0.4, 0.5) is 5.95 Å². The number of hydrogen-bond donors (Lipinski definition) is 3. The normalized spacial score (nSPS) is 18.3. The maximum Gasteiger partial charge on any atom is 0.262 e. The summed E-state index contributed by atoms with van der Waals surface area (Å²) in [5.41, 5.74) is 4.72. The van der Waals surface area contributed by atoms with E-state index in [4.69, 9.17) is 14.7 Å². The van der Waals surface area contributed by atoms with Crippen molar-refractivity contribution in [2.75, 3.05) is 50.8 Å². The molecule has 7 heterocycles. The highest BCUT2D eigenvalue weighted by molar-refractivity contribution is 6.50. The Morgan fingerprint density at radius 1 is 0.730 bits per heavy atom. The van der Waals surface area contributed by atoms with Gasteiger partial charge in [0.15, 0.2) is 0 Å². The quantitative estimate of drug-likeness (QED) is 0.113. The molecule has 0 spiro atoms. The second-order valence-electron chi connectivity index (χ2n) is 15.9. The van der Waals surface area contributed by atoms with Crippen molar-refractivity contribution < 1.29 is 33.5 Å². The number of amides is 6. The van der Waals surface area contributed by atoms with Crippen LogP contribution < -0.4 is 15.5 Å². The number of benzene rings is 3. The molecule has 0 bridgehead atoms. The first-order chi connectivity index (χ1) is 30.7. The number of fused-ring (bicyclic) bond motifs is 3. The van der Waals surface area contributed by atoms with Crippen LogP contribution in [-0.2, 0) is 30.5 Å². The smallest absolute Gasteiger partial charge is 0.262 e.